The molecule has 7 heteroatoms. The molecule has 0 atom stereocenters. The second-order valence-electron chi connectivity index (χ2n) is 5.66. The van der Waals surface area contributed by atoms with Crippen molar-refractivity contribution in [1.29, 1.82) is 0 Å². The van der Waals surface area contributed by atoms with Gasteiger partial charge < -0.3 is 10.5 Å². The van der Waals surface area contributed by atoms with Crippen LogP contribution >= 0.6 is 0 Å². The molecular formula is C15H23BN4O2. The first kappa shape index (κ1) is 16.5. The van der Waals surface area contributed by atoms with E-state index >= 15 is 0 Å². The Kier molecular flexibility index (Phi) is 5.18. The molecule has 0 aromatic carbocycles. The number of aryl methyl sites for hydroxylation is 2. The lowest BCUT2D eigenvalue weighted by atomic mass is 9.73. The zero-order valence-corrected chi connectivity index (χ0v) is 13.7. The molecule has 0 bridgehead atoms. The molecule has 0 spiro atoms. The van der Waals surface area contributed by atoms with Crippen LogP contribution in [0.15, 0.2) is 10.9 Å². The fraction of sp³-hybridized carbons (Fsp3) is 0.533. The molecule has 0 saturated carbocycles. The summed E-state index contributed by atoms with van der Waals surface area (Å²) in [5.74, 6) is 0.195. The molecule has 0 fully saturated rings. The smallest absolute Gasteiger partial charge is 0.246 e. The highest BCUT2D eigenvalue weighted by atomic mass is 16.5. The lowest BCUT2D eigenvalue weighted by Crippen LogP contribution is -2.38. The average Bonchev–Trinajstić information content (AvgIpc) is 2.44. The molecule has 0 amide bonds. The minimum absolute atomic E-state index is 0.00273. The van der Waals surface area contributed by atoms with Crippen LogP contribution in [0.25, 0.3) is 11.0 Å². The number of anilines is 1. The van der Waals surface area contributed by atoms with Crippen molar-refractivity contribution < 1.29 is 4.74 Å². The molecule has 0 unspecified atom stereocenters. The maximum Gasteiger partial charge on any atom is 0.246 e. The van der Waals surface area contributed by atoms with E-state index in [1.54, 1.807) is 4.57 Å². The summed E-state index contributed by atoms with van der Waals surface area (Å²) in [6.45, 7) is 9.03. The zero-order chi connectivity index (χ0) is 16.3. The fourth-order valence-corrected chi connectivity index (χ4v) is 2.47. The number of hydrogen-bond donors (Lipinski definition) is 1. The zero-order valence-electron chi connectivity index (χ0n) is 13.7. The maximum atomic E-state index is 12.6. The van der Waals surface area contributed by atoms with Gasteiger partial charge in [-0.2, -0.15) is 4.98 Å². The van der Waals surface area contributed by atoms with Crippen LogP contribution in [0.5, 0.6) is 0 Å². The number of fused-ring (bicyclic) bond motifs is 1. The van der Waals surface area contributed by atoms with E-state index in [1.165, 1.54) is 0 Å². The van der Waals surface area contributed by atoms with Crippen LogP contribution in [0.3, 0.4) is 0 Å². The summed E-state index contributed by atoms with van der Waals surface area (Å²) in [4.78, 5) is 21.1. The lowest BCUT2D eigenvalue weighted by Gasteiger charge is -2.14. The fourth-order valence-electron chi connectivity index (χ4n) is 2.47. The second-order valence-corrected chi connectivity index (χ2v) is 5.66. The van der Waals surface area contributed by atoms with Crippen molar-refractivity contribution in [3.05, 3.63) is 22.1 Å². The van der Waals surface area contributed by atoms with Crippen LogP contribution in [-0.2, 0) is 11.3 Å². The Morgan fingerprint density at radius 2 is 2.14 bits per heavy atom. The van der Waals surface area contributed by atoms with Crippen molar-refractivity contribution in [3.63, 3.8) is 0 Å². The first-order valence-corrected chi connectivity index (χ1v) is 7.72. The van der Waals surface area contributed by atoms with Crippen LogP contribution < -0.4 is 16.8 Å². The van der Waals surface area contributed by atoms with E-state index in [1.807, 2.05) is 33.7 Å². The summed E-state index contributed by atoms with van der Waals surface area (Å²) in [5.41, 5.74) is 7.92. The summed E-state index contributed by atoms with van der Waals surface area (Å²) in [7, 11) is 0.682. The quantitative estimate of drug-likeness (QED) is 0.624. The lowest BCUT2D eigenvalue weighted by molar-refractivity contribution is 0.0749. The largest absolute Gasteiger partial charge is 0.379 e. The van der Waals surface area contributed by atoms with Gasteiger partial charge in [0, 0.05) is 18.5 Å². The number of rotatable bonds is 6. The third-order valence-corrected chi connectivity index (χ3v) is 3.59. The van der Waals surface area contributed by atoms with E-state index in [0.29, 0.717) is 26.1 Å². The Labute approximate surface area is 131 Å². The predicted molar refractivity (Wildman–Crippen MR) is 91.3 cm³/mol. The maximum absolute atomic E-state index is 12.6. The van der Waals surface area contributed by atoms with Gasteiger partial charge in [-0.15, -0.1) is 0 Å². The Hall–Kier alpha value is -1.89. The summed E-state index contributed by atoms with van der Waals surface area (Å²) in [6, 6.07) is 1.88. The van der Waals surface area contributed by atoms with E-state index in [4.69, 9.17) is 10.5 Å². The normalized spacial score (nSPS) is 11.3. The molecular weight excluding hydrogens is 279 g/mol. The van der Waals surface area contributed by atoms with Crippen LogP contribution in [0, 0.1) is 6.92 Å². The van der Waals surface area contributed by atoms with Crippen LogP contribution in [-0.4, -0.2) is 34.5 Å². The standard InChI is InChI=1S/C15H23BN4O2/c1-9(2)22-7-5-6-20-13-11(8-12(16-4)14(20)21)10(3)18-15(17)19-13/h8-9,16H,5-7H2,1-4H3,(H2,17,18,19). The van der Waals surface area contributed by atoms with Crippen molar-refractivity contribution in [1.82, 2.24) is 14.5 Å². The van der Waals surface area contributed by atoms with E-state index in [0.717, 1.165) is 23.0 Å². The van der Waals surface area contributed by atoms with E-state index in [9.17, 15) is 4.79 Å². The number of nitrogens with two attached hydrogens (primary N) is 1. The highest BCUT2D eigenvalue weighted by Crippen LogP contribution is 2.14. The van der Waals surface area contributed by atoms with E-state index in [-0.39, 0.29) is 17.6 Å². The van der Waals surface area contributed by atoms with Crippen LogP contribution in [0.4, 0.5) is 5.95 Å². The van der Waals surface area contributed by atoms with Gasteiger partial charge in [-0.1, -0.05) is 12.9 Å². The van der Waals surface area contributed by atoms with E-state index in [2.05, 4.69) is 9.97 Å². The molecule has 0 saturated heterocycles. The molecule has 0 radical (unpaired) electrons. The van der Waals surface area contributed by atoms with Gasteiger partial charge in [0.15, 0.2) is 7.28 Å². The number of ether oxygens (including phenoxy) is 1. The molecule has 22 heavy (non-hydrogen) atoms. The van der Waals surface area contributed by atoms with Gasteiger partial charge in [0.1, 0.15) is 5.65 Å². The Bertz CT molecular complexity index is 728. The highest BCUT2D eigenvalue weighted by molar-refractivity contribution is 6.52. The molecule has 2 heterocycles. The third-order valence-electron chi connectivity index (χ3n) is 3.59. The SMILES string of the molecule is CBc1cc2c(C)nc(N)nc2n(CCCOC(C)C)c1=O. The highest BCUT2D eigenvalue weighted by Gasteiger charge is 2.13. The van der Waals surface area contributed by atoms with Gasteiger partial charge in [0.05, 0.1) is 11.8 Å². The summed E-state index contributed by atoms with van der Waals surface area (Å²) in [6.07, 6.45) is 0.944. The molecule has 0 aliphatic rings. The number of pyridine rings is 1. The first-order chi connectivity index (χ1) is 10.4. The number of aromatic nitrogens is 3. The van der Waals surface area contributed by atoms with Crippen molar-refractivity contribution in [3.8, 4) is 0 Å². The molecule has 0 aliphatic heterocycles. The Balaban J connectivity index is 2.45. The predicted octanol–water partition coefficient (Wildman–Crippen LogP) is 0.607. The molecule has 2 aromatic rings. The van der Waals surface area contributed by atoms with Gasteiger partial charge in [-0.3, -0.25) is 9.36 Å². The molecule has 2 N–H and O–H groups in total. The molecule has 0 aliphatic carbocycles. The van der Waals surface area contributed by atoms with Crippen molar-refractivity contribution in [2.75, 3.05) is 12.3 Å². The van der Waals surface area contributed by atoms with Crippen LogP contribution in [0.2, 0.25) is 6.82 Å². The minimum Gasteiger partial charge on any atom is -0.379 e. The molecule has 2 rings (SSSR count). The minimum atomic E-state index is -0.00273. The van der Waals surface area contributed by atoms with Gasteiger partial charge in [0.2, 0.25) is 11.5 Å². The van der Waals surface area contributed by atoms with Crippen LogP contribution in [0.1, 0.15) is 26.0 Å². The first-order valence-electron chi connectivity index (χ1n) is 7.72. The molecule has 2 aromatic heterocycles. The molecule has 118 valence electrons. The van der Waals surface area contributed by atoms with Gasteiger partial charge in [-0.05, 0) is 32.7 Å². The number of hydrogen-bond acceptors (Lipinski definition) is 5. The van der Waals surface area contributed by atoms with E-state index < -0.39 is 0 Å². The summed E-state index contributed by atoms with van der Waals surface area (Å²) >= 11 is 0. The second kappa shape index (κ2) is 6.92. The van der Waals surface area contributed by atoms with Crippen molar-refractivity contribution in [2.45, 2.75) is 46.7 Å². The number of nitrogens with zero attached hydrogens (tertiary/aromatic N) is 3. The Morgan fingerprint density at radius 1 is 1.41 bits per heavy atom. The number of nitrogen functional groups attached to an aromatic ring is 1. The topological polar surface area (TPSA) is 83.0 Å². The van der Waals surface area contributed by atoms with Gasteiger partial charge in [0.25, 0.3) is 0 Å². The molecule has 6 nitrogen and oxygen atoms in total. The van der Waals surface area contributed by atoms with Gasteiger partial charge in [-0.25, -0.2) is 4.98 Å². The average molecular weight is 302 g/mol. The third kappa shape index (κ3) is 3.47. The van der Waals surface area contributed by atoms with Gasteiger partial charge >= 0.3 is 0 Å². The monoisotopic (exact) mass is 302 g/mol. The van der Waals surface area contributed by atoms with Crippen molar-refractivity contribution >= 4 is 29.7 Å². The van der Waals surface area contributed by atoms with Crippen molar-refractivity contribution in [2.24, 2.45) is 0 Å². The summed E-state index contributed by atoms with van der Waals surface area (Å²) in [5, 5.41) is 0.885. The Morgan fingerprint density at radius 3 is 2.77 bits per heavy atom. The summed E-state index contributed by atoms with van der Waals surface area (Å²) < 4.78 is 7.24.